The van der Waals surface area contributed by atoms with Gasteiger partial charge in [0.2, 0.25) is 0 Å². The number of aromatic nitrogens is 3. The maximum atomic E-state index is 12.0. The molecule has 0 aliphatic rings. The van der Waals surface area contributed by atoms with Crippen LogP contribution in [-0.4, -0.2) is 27.5 Å². The van der Waals surface area contributed by atoms with Gasteiger partial charge in [-0.25, -0.2) is 4.79 Å². The Morgan fingerprint density at radius 1 is 0.885 bits per heavy atom. The minimum absolute atomic E-state index is 0.204. The number of hydrogen-bond acceptors (Lipinski definition) is 4. The lowest BCUT2D eigenvalue weighted by atomic mass is 10.1. The van der Waals surface area contributed by atoms with E-state index in [2.05, 4.69) is 37.7 Å². The summed E-state index contributed by atoms with van der Waals surface area (Å²) in [6.45, 7) is 0.939. The number of amides is 2. The van der Waals surface area contributed by atoms with Gasteiger partial charge in [-0.05, 0) is 30.5 Å². The van der Waals surface area contributed by atoms with Crippen LogP contribution in [-0.2, 0) is 13.0 Å². The third kappa shape index (κ3) is 5.11. The van der Waals surface area contributed by atoms with Gasteiger partial charge in [0.15, 0.2) is 0 Å². The zero-order valence-corrected chi connectivity index (χ0v) is 14.4. The first kappa shape index (κ1) is 17.5. The van der Waals surface area contributed by atoms with E-state index in [4.69, 9.17) is 0 Å². The normalized spacial score (nSPS) is 10.3. The van der Waals surface area contributed by atoms with E-state index in [9.17, 15) is 4.79 Å². The minimum Gasteiger partial charge on any atom is -0.338 e. The Morgan fingerprint density at radius 3 is 2.46 bits per heavy atom. The van der Waals surface area contributed by atoms with Gasteiger partial charge in [-0.15, -0.1) is 0 Å². The van der Waals surface area contributed by atoms with Crippen molar-refractivity contribution < 1.29 is 4.79 Å². The molecule has 132 valence electrons. The Morgan fingerprint density at radius 2 is 1.65 bits per heavy atom. The van der Waals surface area contributed by atoms with Crippen LogP contribution in [0.4, 0.5) is 4.79 Å². The predicted octanol–water partition coefficient (Wildman–Crippen LogP) is 2.97. The maximum Gasteiger partial charge on any atom is 0.315 e. The topological polar surface area (TPSA) is 79.8 Å². The molecule has 0 fully saturated rings. The van der Waals surface area contributed by atoms with Gasteiger partial charge in [0, 0.05) is 36.9 Å². The van der Waals surface area contributed by atoms with Crippen LogP contribution in [0.15, 0.2) is 67.3 Å². The van der Waals surface area contributed by atoms with Crippen molar-refractivity contribution in [2.45, 2.75) is 19.4 Å². The molecule has 0 radical (unpaired) electrons. The van der Waals surface area contributed by atoms with Gasteiger partial charge in [0.1, 0.15) is 0 Å². The second-order valence-electron chi connectivity index (χ2n) is 5.79. The second kappa shape index (κ2) is 9.27. The summed E-state index contributed by atoms with van der Waals surface area (Å²) < 4.78 is 0. The Kier molecular flexibility index (Phi) is 6.25. The molecule has 2 aromatic heterocycles. The number of rotatable bonds is 7. The van der Waals surface area contributed by atoms with E-state index in [0.29, 0.717) is 13.1 Å². The van der Waals surface area contributed by atoms with Crippen molar-refractivity contribution in [1.82, 2.24) is 25.6 Å². The Bertz CT molecular complexity index is 824. The molecule has 0 unspecified atom stereocenters. The summed E-state index contributed by atoms with van der Waals surface area (Å²) in [6, 6.07) is 13.8. The number of benzene rings is 1. The molecular weight excluding hydrogens is 326 g/mol. The molecule has 0 saturated heterocycles. The van der Waals surface area contributed by atoms with Crippen molar-refractivity contribution in [3.8, 4) is 11.3 Å². The van der Waals surface area contributed by atoms with E-state index in [0.717, 1.165) is 29.8 Å². The molecule has 26 heavy (non-hydrogen) atoms. The summed E-state index contributed by atoms with van der Waals surface area (Å²) in [5, 5.41) is 5.71. The highest BCUT2D eigenvalue weighted by molar-refractivity contribution is 5.74. The van der Waals surface area contributed by atoms with Gasteiger partial charge < -0.3 is 10.6 Å². The van der Waals surface area contributed by atoms with E-state index in [-0.39, 0.29) is 6.03 Å². The Labute approximate surface area is 152 Å². The highest BCUT2D eigenvalue weighted by Gasteiger charge is 2.09. The first-order valence-corrected chi connectivity index (χ1v) is 8.59. The van der Waals surface area contributed by atoms with Crippen molar-refractivity contribution in [2.24, 2.45) is 0 Å². The van der Waals surface area contributed by atoms with E-state index >= 15 is 0 Å². The van der Waals surface area contributed by atoms with Crippen LogP contribution in [0, 0.1) is 0 Å². The zero-order chi connectivity index (χ0) is 18.0. The van der Waals surface area contributed by atoms with Gasteiger partial charge in [-0.2, -0.15) is 0 Å². The number of pyridine rings is 1. The average Bonchev–Trinajstić information content (AvgIpc) is 2.71. The zero-order valence-electron chi connectivity index (χ0n) is 14.4. The highest BCUT2D eigenvalue weighted by Crippen LogP contribution is 2.18. The number of urea groups is 1. The molecular formula is C20H21N5O. The fraction of sp³-hybridized carbons (Fsp3) is 0.200. The van der Waals surface area contributed by atoms with Crippen LogP contribution in [0.25, 0.3) is 11.3 Å². The number of hydrogen-bond donors (Lipinski definition) is 2. The molecule has 0 saturated carbocycles. The van der Waals surface area contributed by atoms with Gasteiger partial charge >= 0.3 is 6.03 Å². The third-order valence-corrected chi connectivity index (χ3v) is 3.91. The minimum atomic E-state index is -0.204. The molecule has 3 rings (SSSR count). The quantitative estimate of drug-likeness (QED) is 0.644. The molecule has 0 aliphatic carbocycles. The molecule has 6 heteroatoms. The van der Waals surface area contributed by atoms with Crippen molar-refractivity contribution in [3.63, 3.8) is 0 Å². The van der Waals surface area contributed by atoms with Crippen LogP contribution in [0.3, 0.4) is 0 Å². The second-order valence-corrected chi connectivity index (χ2v) is 5.79. The summed E-state index contributed by atoms with van der Waals surface area (Å²) >= 11 is 0. The van der Waals surface area contributed by atoms with Crippen molar-refractivity contribution >= 4 is 6.03 Å². The van der Waals surface area contributed by atoms with Crippen molar-refractivity contribution in [2.75, 3.05) is 6.54 Å². The number of carbonyl (C=O) groups excluding carboxylic acids is 1. The predicted molar refractivity (Wildman–Crippen MR) is 100 cm³/mol. The van der Waals surface area contributed by atoms with Crippen LogP contribution in [0.2, 0.25) is 0 Å². The number of nitrogens with zero attached hydrogens (tertiary/aromatic N) is 3. The first-order valence-electron chi connectivity index (χ1n) is 8.59. The van der Waals surface area contributed by atoms with Crippen molar-refractivity contribution in [1.29, 1.82) is 0 Å². The lowest BCUT2D eigenvalue weighted by molar-refractivity contribution is 0.240. The molecule has 6 nitrogen and oxygen atoms in total. The molecule has 0 spiro atoms. The van der Waals surface area contributed by atoms with Crippen LogP contribution in [0.1, 0.15) is 17.7 Å². The SMILES string of the molecule is O=C(NCCCc1ccccc1)NCc1nccnc1-c1ccncc1. The smallest absolute Gasteiger partial charge is 0.315 e. The Hall–Kier alpha value is -3.28. The molecule has 2 heterocycles. The summed E-state index contributed by atoms with van der Waals surface area (Å²) in [7, 11) is 0. The third-order valence-electron chi connectivity index (χ3n) is 3.91. The van der Waals surface area contributed by atoms with Crippen LogP contribution in [0.5, 0.6) is 0 Å². The molecule has 2 N–H and O–H groups in total. The molecule has 0 bridgehead atoms. The van der Waals surface area contributed by atoms with E-state index in [1.165, 1.54) is 5.56 Å². The molecule has 1 aromatic carbocycles. The van der Waals surface area contributed by atoms with E-state index < -0.39 is 0 Å². The lowest BCUT2D eigenvalue weighted by Crippen LogP contribution is -2.36. The van der Waals surface area contributed by atoms with E-state index in [1.54, 1.807) is 24.8 Å². The fourth-order valence-corrected chi connectivity index (χ4v) is 2.61. The molecule has 0 aliphatic heterocycles. The van der Waals surface area contributed by atoms with Crippen LogP contribution < -0.4 is 10.6 Å². The average molecular weight is 347 g/mol. The summed E-state index contributed by atoms with van der Waals surface area (Å²) in [4.78, 5) is 24.7. The lowest BCUT2D eigenvalue weighted by Gasteiger charge is -2.10. The highest BCUT2D eigenvalue weighted by atomic mass is 16.2. The van der Waals surface area contributed by atoms with Gasteiger partial charge in [-0.3, -0.25) is 15.0 Å². The fourth-order valence-electron chi connectivity index (χ4n) is 2.61. The summed E-state index contributed by atoms with van der Waals surface area (Å²) in [5.74, 6) is 0. The Balaban J connectivity index is 1.46. The largest absolute Gasteiger partial charge is 0.338 e. The maximum absolute atomic E-state index is 12.0. The standard InChI is InChI=1S/C20H21N5O/c26-20(24-10-4-7-16-5-2-1-3-6-16)25-15-18-19(23-14-13-22-18)17-8-11-21-12-9-17/h1-3,5-6,8-9,11-14H,4,7,10,15H2,(H2,24,25,26). The van der Waals surface area contributed by atoms with Gasteiger partial charge in [0.05, 0.1) is 17.9 Å². The van der Waals surface area contributed by atoms with E-state index in [1.807, 2.05) is 30.3 Å². The summed E-state index contributed by atoms with van der Waals surface area (Å²) in [6.07, 6.45) is 8.52. The molecule has 0 atom stereocenters. The monoisotopic (exact) mass is 347 g/mol. The molecule has 2 amide bonds. The first-order chi connectivity index (χ1) is 12.8. The molecule has 3 aromatic rings. The number of carbonyl (C=O) groups is 1. The summed E-state index contributed by atoms with van der Waals surface area (Å²) in [5.41, 5.74) is 3.67. The number of aryl methyl sites for hydroxylation is 1. The number of nitrogens with one attached hydrogen (secondary N) is 2. The van der Waals surface area contributed by atoms with Gasteiger partial charge in [0.25, 0.3) is 0 Å². The van der Waals surface area contributed by atoms with Gasteiger partial charge in [-0.1, -0.05) is 30.3 Å². The van der Waals surface area contributed by atoms with Crippen LogP contribution >= 0.6 is 0 Å². The van der Waals surface area contributed by atoms with Crippen molar-refractivity contribution in [3.05, 3.63) is 78.5 Å².